The van der Waals surface area contributed by atoms with Crippen molar-refractivity contribution in [2.24, 2.45) is 0 Å². The molecule has 0 aromatic rings. The first kappa shape index (κ1) is 24.1. The number of carbonyl (C=O) groups is 1. The minimum absolute atomic E-state index is 0. The maximum absolute atomic E-state index is 10.2. The van der Waals surface area contributed by atoms with Crippen LogP contribution in [0.4, 0.5) is 0 Å². The van der Waals surface area contributed by atoms with Crippen molar-refractivity contribution in [3.05, 3.63) is 0 Å². The molecule has 2 nitrogen and oxygen atoms in total. The molecule has 0 radical (unpaired) electrons. The molecule has 0 unspecified atom stereocenters. The van der Waals surface area contributed by atoms with Gasteiger partial charge >= 0.3 is 41.7 Å². The van der Waals surface area contributed by atoms with Crippen LogP contribution in [0.2, 0.25) is 0 Å². The maximum Gasteiger partial charge on any atom is 4.00 e. The summed E-state index contributed by atoms with van der Waals surface area (Å²) in [5, 5.41) is 10.2. The van der Waals surface area contributed by atoms with E-state index in [2.05, 4.69) is 6.92 Å². The molecule has 0 amide bonds. The smallest absolute Gasteiger partial charge is 0.550 e. The van der Waals surface area contributed by atoms with Gasteiger partial charge in [-0.1, -0.05) is 96.8 Å². The van der Waals surface area contributed by atoms with Gasteiger partial charge in [0.05, 0.1) is 0 Å². The fourth-order valence-electron chi connectivity index (χ4n) is 2.64. The van der Waals surface area contributed by atoms with Crippen LogP contribution in [0.15, 0.2) is 0 Å². The van der Waals surface area contributed by atoms with Crippen LogP contribution < -0.4 is 5.11 Å². The van der Waals surface area contributed by atoms with Crippen LogP contribution in [0.1, 0.15) is 110 Å². The Morgan fingerprint density at radius 2 is 0.905 bits per heavy atom. The van der Waals surface area contributed by atoms with E-state index < -0.39 is 5.97 Å². The van der Waals surface area contributed by atoms with Gasteiger partial charge in [0.15, 0.2) is 0 Å². The van der Waals surface area contributed by atoms with Gasteiger partial charge in [0.1, 0.15) is 0 Å². The second-order valence-electron chi connectivity index (χ2n) is 6.07. The van der Waals surface area contributed by atoms with Gasteiger partial charge in [-0.25, -0.2) is 0 Å². The number of hydrogen-bond acceptors (Lipinski definition) is 2. The molecule has 0 heterocycles. The minimum atomic E-state index is -0.903. The monoisotopic (exact) mass is 423 g/mol. The molecule has 0 spiro atoms. The van der Waals surface area contributed by atoms with Crippen LogP contribution in [0.25, 0.3) is 0 Å². The van der Waals surface area contributed by atoms with Crippen molar-refractivity contribution >= 4 is 5.97 Å². The van der Waals surface area contributed by atoms with Crippen LogP contribution in [-0.4, -0.2) is 5.97 Å². The van der Waals surface area contributed by atoms with E-state index in [-0.39, 0.29) is 48.2 Å². The molecule has 0 aliphatic rings. The normalized spacial score (nSPS) is 10.3. The zero-order valence-corrected chi connectivity index (χ0v) is 17.3. The predicted molar refractivity (Wildman–Crippen MR) is 84.6 cm³/mol. The molecule has 21 heavy (non-hydrogen) atoms. The van der Waals surface area contributed by atoms with Gasteiger partial charge in [-0.05, 0) is 12.8 Å². The van der Waals surface area contributed by atoms with Crippen molar-refractivity contribution in [1.82, 2.24) is 0 Å². The third-order valence-corrected chi connectivity index (χ3v) is 3.98. The molecule has 0 bridgehead atoms. The van der Waals surface area contributed by atoms with Gasteiger partial charge in [-0.3, -0.25) is 0 Å². The van der Waals surface area contributed by atoms with Gasteiger partial charge in [0.2, 0.25) is 0 Å². The Kier molecular flexibility index (Phi) is 23.9. The van der Waals surface area contributed by atoms with E-state index in [0.717, 1.165) is 12.8 Å². The van der Waals surface area contributed by atoms with Crippen LogP contribution in [0.5, 0.6) is 0 Å². The molecule has 0 fully saturated rings. The first-order valence-corrected chi connectivity index (χ1v) is 8.97. The molecular formula is C18H35CeO2+3. The summed E-state index contributed by atoms with van der Waals surface area (Å²) in [6.45, 7) is 2.27. The van der Waals surface area contributed by atoms with Gasteiger partial charge in [0, 0.05) is 5.97 Å². The quantitative estimate of drug-likeness (QED) is 0.328. The number of unbranched alkanes of at least 4 members (excludes halogenated alkanes) is 14. The van der Waals surface area contributed by atoms with Gasteiger partial charge < -0.3 is 9.90 Å². The van der Waals surface area contributed by atoms with E-state index in [9.17, 15) is 9.90 Å². The second kappa shape index (κ2) is 20.8. The summed E-state index contributed by atoms with van der Waals surface area (Å²) in [5.41, 5.74) is 0. The summed E-state index contributed by atoms with van der Waals surface area (Å²) in [6, 6.07) is 0. The van der Waals surface area contributed by atoms with Crippen molar-refractivity contribution in [2.75, 3.05) is 0 Å². The molecular weight excluding hydrogens is 388 g/mol. The summed E-state index contributed by atoms with van der Waals surface area (Å²) < 4.78 is 0. The summed E-state index contributed by atoms with van der Waals surface area (Å²) in [6.07, 6.45) is 19.9. The Bertz CT molecular complexity index is 207. The third kappa shape index (κ3) is 23.2. The minimum Gasteiger partial charge on any atom is -0.550 e. The zero-order chi connectivity index (χ0) is 14.9. The van der Waals surface area contributed by atoms with Crippen LogP contribution >= 0.6 is 0 Å². The SMILES string of the molecule is CCCCCCCCCCCCCCCCCC(=O)[O-].[Ce+4]. The molecule has 0 saturated heterocycles. The number of hydrogen-bond donors (Lipinski definition) is 0. The number of carbonyl (C=O) groups excluding carboxylic acids is 1. The Morgan fingerprint density at radius 1 is 0.619 bits per heavy atom. The number of carboxylic acids is 1. The molecule has 0 aliphatic heterocycles. The summed E-state index contributed by atoms with van der Waals surface area (Å²) in [4.78, 5) is 10.2. The number of carboxylic acid groups (broad SMARTS) is 1. The Morgan fingerprint density at radius 3 is 1.19 bits per heavy atom. The van der Waals surface area contributed by atoms with E-state index in [1.165, 1.54) is 83.5 Å². The van der Waals surface area contributed by atoms with E-state index in [1.807, 2.05) is 0 Å². The van der Waals surface area contributed by atoms with Crippen LogP contribution in [-0.2, 0) is 4.79 Å². The Balaban J connectivity index is 0. The fourth-order valence-corrected chi connectivity index (χ4v) is 2.64. The van der Waals surface area contributed by atoms with Crippen LogP contribution in [0, 0.1) is 41.7 Å². The van der Waals surface area contributed by atoms with E-state index in [1.54, 1.807) is 0 Å². The van der Waals surface area contributed by atoms with Crippen molar-refractivity contribution in [1.29, 1.82) is 0 Å². The Hall–Kier alpha value is 0.847. The Labute approximate surface area is 166 Å². The standard InChI is InChI=1S/C18H36O2.Ce/c1-2-3-4-5-6-7-8-9-10-11-12-13-14-15-16-17-18(19)20;/h2-17H2,1H3,(H,19,20);/q;+4/p-1. The van der Waals surface area contributed by atoms with Crippen molar-refractivity contribution < 1.29 is 51.6 Å². The van der Waals surface area contributed by atoms with Crippen LogP contribution in [0.3, 0.4) is 0 Å². The first-order valence-electron chi connectivity index (χ1n) is 8.97. The molecule has 0 saturated carbocycles. The molecule has 0 N–H and O–H groups in total. The summed E-state index contributed by atoms with van der Waals surface area (Å²) >= 11 is 0. The summed E-state index contributed by atoms with van der Waals surface area (Å²) in [5.74, 6) is -0.903. The van der Waals surface area contributed by atoms with E-state index in [4.69, 9.17) is 0 Å². The van der Waals surface area contributed by atoms with Gasteiger partial charge in [-0.2, -0.15) is 0 Å². The number of rotatable bonds is 16. The fraction of sp³-hybridized carbons (Fsp3) is 0.944. The van der Waals surface area contributed by atoms with E-state index >= 15 is 0 Å². The molecule has 0 aromatic heterocycles. The largest absolute Gasteiger partial charge is 4.00 e. The van der Waals surface area contributed by atoms with Gasteiger partial charge in [0.25, 0.3) is 0 Å². The predicted octanol–water partition coefficient (Wildman–Crippen LogP) is 5.00. The van der Waals surface area contributed by atoms with Crippen molar-refractivity contribution in [2.45, 2.75) is 110 Å². The topological polar surface area (TPSA) is 40.1 Å². The van der Waals surface area contributed by atoms with Gasteiger partial charge in [-0.15, -0.1) is 0 Å². The molecule has 0 aliphatic carbocycles. The molecule has 0 rings (SSSR count). The third-order valence-electron chi connectivity index (χ3n) is 3.98. The number of aliphatic carboxylic acids is 1. The maximum atomic E-state index is 10.2. The average Bonchev–Trinajstić information content (AvgIpc) is 2.43. The summed E-state index contributed by atoms with van der Waals surface area (Å²) in [7, 11) is 0. The first-order chi connectivity index (χ1) is 9.77. The molecule has 3 heteroatoms. The van der Waals surface area contributed by atoms with Crippen molar-refractivity contribution in [3.8, 4) is 0 Å². The molecule has 0 aromatic carbocycles. The van der Waals surface area contributed by atoms with E-state index in [0.29, 0.717) is 0 Å². The molecule has 0 atom stereocenters. The zero-order valence-electron chi connectivity index (χ0n) is 14.1. The average molecular weight is 424 g/mol. The second-order valence-corrected chi connectivity index (χ2v) is 6.07. The van der Waals surface area contributed by atoms with Crippen molar-refractivity contribution in [3.63, 3.8) is 0 Å². The molecule has 120 valence electrons.